The molecule has 1 N–H and O–H groups in total. The minimum atomic E-state index is -3.79. The average Bonchev–Trinajstić information content (AvgIpc) is 2.96. The van der Waals surface area contributed by atoms with Crippen molar-refractivity contribution < 1.29 is 17.6 Å². The minimum absolute atomic E-state index is 0.144. The SMILES string of the molecule is Cc1oc(-c2ccccc2)nc1CC(=O)NS(=O)(=O)N1CCCCC1. The van der Waals surface area contributed by atoms with E-state index < -0.39 is 16.1 Å². The van der Waals surface area contributed by atoms with Crippen molar-refractivity contribution in [2.24, 2.45) is 0 Å². The van der Waals surface area contributed by atoms with Crippen LogP contribution in [0.3, 0.4) is 0 Å². The molecule has 2 aromatic rings. The summed E-state index contributed by atoms with van der Waals surface area (Å²) in [5, 5.41) is 0. The van der Waals surface area contributed by atoms with Crippen LogP contribution in [-0.2, 0) is 21.4 Å². The number of carbonyl (C=O) groups excluding carboxylic acids is 1. The van der Waals surface area contributed by atoms with Gasteiger partial charge in [-0.2, -0.15) is 12.7 Å². The van der Waals surface area contributed by atoms with Crippen molar-refractivity contribution in [1.82, 2.24) is 14.0 Å². The monoisotopic (exact) mass is 363 g/mol. The van der Waals surface area contributed by atoms with E-state index in [1.54, 1.807) is 6.92 Å². The van der Waals surface area contributed by atoms with Gasteiger partial charge in [0.15, 0.2) is 0 Å². The fourth-order valence-corrected chi connectivity index (χ4v) is 4.03. The fourth-order valence-electron chi connectivity index (χ4n) is 2.80. The number of aryl methyl sites for hydroxylation is 1. The smallest absolute Gasteiger partial charge is 0.303 e. The summed E-state index contributed by atoms with van der Waals surface area (Å²) in [6, 6.07) is 9.34. The largest absolute Gasteiger partial charge is 0.441 e. The predicted octanol–water partition coefficient (Wildman–Crippen LogP) is 2.04. The van der Waals surface area contributed by atoms with Gasteiger partial charge in [0, 0.05) is 18.7 Å². The van der Waals surface area contributed by atoms with Crippen LogP contribution in [0.2, 0.25) is 0 Å². The highest BCUT2D eigenvalue weighted by Crippen LogP contribution is 2.21. The van der Waals surface area contributed by atoms with Crippen LogP contribution in [0.5, 0.6) is 0 Å². The van der Waals surface area contributed by atoms with Gasteiger partial charge >= 0.3 is 10.2 Å². The number of hydrogen-bond donors (Lipinski definition) is 1. The van der Waals surface area contributed by atoms with Gasteiger partial charge in [-0.05, 0) is 31.9 Å². The Hall–Kier alpha value is -2.19. The van der Waals surface area contributed by atoms with Crippen LogP contribution in [0.1, 0.15) is 30.7 Å². The first-order valence-corrected chi connectivity index (χ1v) is 9.72. The lowest BCUT2D eigenvalue weighted by Gasteiger charge is -2.25. The highest BCUT2D eigenvalue weighted by atomic mass is 32.2. The Balaban J connectivity index is 1.68. The van der Waals surface area contributed by atoms with Crippen molar-refractivity contribution in [1.29, 1.82) is 0 Å². The number of rotatable bonds is 5. The maximum Gasteiger partial charge on any atom is 0.303 e. The Labute approximate surface area is 147 Å². The van der Waals surface area contributed by atoms with Crippen LogP contribution in [0.25, 0.3) is 11.5 Å². The Morgan fingerprint density at radius 1 is 1.20 bits per heavy atom. The first kappa shape index (κ1) is 17.6. The maximum atomic E-state index is 12.2. The second-order valence-corrected chi connectivity index (χ2v) is 7.73. The minimum Gasteiger partial charge on any atom is -0.441 e. The lowest BCUT2D eigenvalue weighted by Crippen LogP contribution is -2.46. The molecular weight excluding hydrogens is 342 g/mol. The highest BCUT2D eigenvalue weighted by molar-refractivity contribution is 7.87. The van der Waals surface area contributed by atoms with Crippen molar-refractivity contribution in [3.8, 4) is 11.5 Å². The summed E-state index contributed by atoms with van der Waals surface area (Å²) in [4.78, 5) is 16.5. The van der Waals surface area contributed by atoms with Crippen LogP contribution in [-0.4, -0.2) is 36.7 Å². The molecule has 1 aromatic carbocycles. The van der Waals surface area contributed by atoms with Gasteiger partial charge in [0.05, 0.1) is 12.1 Å². The standard InChI is InChI=1S/C17H21N3O4S/c1-13-15(18-17(24-13)14-8-4-2-5-9-14)12-16(21)19-25(22,23)20-10-6-3-7-11-20/h2,4-5,8-9H,3,6-7,10-12H2,1H3,(H,19,21). The molecule has 0 atom stereocenters. The van der Waals surface area contributed by atoms with Gasteiger partial charge in [-0.3, -0.25) is 4.79 Å². The fraction of sp³-hybridized carbons (Fsp3) is 0.412. The molecule has 8 heteroatoms. The third-order valence-corrected chi connectivity index (χ3v) is 5.67. The van der Waals surface area contributed by atoms with E-state index in [0.717, 1.165) is 24.8 Å². The number of benzene rings is 1. The molecular formula is C17H21N3O4S. The highest BCUT2D eigenvalue weighted by Gasteiger charge is 2.26. The number of hydrogen-bond acceptors (Lipinski definition) is 5. The molecule has 0 unspecified atom stereocenters. The summed E-state index contributed by atoms with van der Waals surface area (Å²) >= 11 is 0. The van der Waals surface area contributed by atoms with E-state index >= 15 is 0 Å². The molecule has 0 bridgehead atoms. The van der Waals surface area contributed by atoms with E-state index in [1.165, 1.54) is 4.31 Å². The van der Waals surface area contributed by atoms with Crippen molar-refractivity contribution >= 4 is 16.1 Å². The first-order valence-electron chi connectivity index (χ1n) is 8.28. The molecule has 25 heavy (non-hydrogen) atoms. The zero-order valence-electron chi connectivity index (χ0n) is 14.1. The van der Waals surface area contributed by atoms with Gasteiger partial charge in [0.25, 0.3) is 0 Å². The molecule has 0 radical (unpaired) electrons. The van der Waals surface area contributed by atoms with Crippen LogP contribution in [0.15, 0.2) is 34.7 Å². The van der Waals surface area contributed by atoms with Crippen molar-refractivity contribution in [2.75, 3.05) is 13.1 Å². The number of nitrogens with zero attached hydrogens (tertiary/aromatic N) is 2. The summed E-state index contributed by atoms with van der Waals surface area (Å²) in [5.74, 6) is 0.311. The van der Waals surface area contributed by atoms with E-state index in [4.69, 9.17) is 4.42 Å². The lowest BCUT2D eigenvalue weighted by molar-refractivity contribution is -0.118. The Morgan fingerprint density at radius 3 is 2.56 bits per heavy atom. The van der Waals surface area contributed by atoms with Crippen LogP contribution in [0.4, 0.5) is 0 Å². The normalized spacial score (nSPS) is 15.9. The van der Waals surface area contributed by atoms with Gasteiger partial charge in [0.1, 0.15) is 5.76 Å². The van der Waals surface area contributed by atoms with E-state index in [-0.39, 0.29) is 6.42 Å². The topological polar surface area (TPSA) is 92.5 Å². The molecule has 134 valence electrons. The number of piperidine rings is 1. The van der Waals surface area contributed by atoms with E-state index in [1.807, 2.05) is 30.3 Å². The summed E-state index contributed by atoms with van der Waals surface area (Å²) < 4.78 is 33.5. The zero-order valence-corrected chi connectivity index (χ0v) is 14.9. The summed E-state index contributed by atoms with van der Waals surface area (Å²) in [6.07, 6.45) is 2.51. The number of carbonyl (C=O) groups is 1. The quantitative estimate of drug-likeness (QED) is 0.877. The molecule has 1 fully saturated rings. The van der Waals surface area contributed by atoms with E-state index in [9.17, 15) is 13.2 Å². The second-order valence-electron chi connectivity index (χ2n) is 6.05. The zero-order chi connectivity index (χ0) is 17.9. The summed E-state index contributed by atoms with van der Waals surface area (Å²) in [6.45, 7) is 2.61. The predicted molar refractivity (Wildman–Crippen MR) is 92.9 cm³/mol. The molecule has 1 aliphatic rings. The van der Waals surface area contributed by atoms with Gasteiger partial charge in [0.2, 0.25) is 11.8 Å². The second kappa shape index (κ2) is 7.37. The van der Waals surface area contributed by atoms with Crippen molar-refractivity contribution in [2.45, 2.75) is 32.6 Å². The van der Waals surface area contributed by atoms with Crippen molar-refractivity contribution in [3.63, 3.8) is 0 Å². The molecule has 1 aromatic heterocycles. The number of nitrogens with one attached hydrogen (secondary N) is 1. The molecule has 1 aliphatic heterocycles. The van der Waals surface area contributed by atoms with Gasteiger partial charge in [-0.1, -0.05) is 24.6 Å². The molecule has 1 amide bonds. The molecule has 7 nitrogen and oxygen atoms in total. The Kier molecular flexibility index (Phi) is 5.19. The third kappa shape index (κ3) is 4.26. The van der Waals surface area contributed by atoms with Gasteiger partial charge in [-0.15, -0.1) is 0 Å². The third-order valence-electron chi connectivity index (χ3n) is 4.14. The summed E-state index contributed by atoms with van der Waals surface area (Å²) in [7, 11) is -3.79. The Bertz CT molecular complexity index is 840. The van der Waals surface area contributed by atoms with Crippen molar-refractivity contribution in [3.05, 3.63) is 41.8 Å². The molecule has 0 spiro atoms. The van der Waals surface area contributed by atoms with Crippen LogP contribution in [0, 0.1) is 6.92 Å². The van der Waals surface area contributed by atoms with Crippen LogP contribution >= 0.6 is 0 Å². The number of amides is 1. The van der Waals surface area contributed by atoms with E-state index in [0.29, 0.717) is 30.4 Å². The molecule has 3 rings (SSSR count). The van der Waals surface area contributed by atoms with E-state index in [2.05, 4.69) is 9.71 Å². The van der Waals surface area contributed by atoms with Gasteiger partial charge in [-0.25, -0.2) is 9.71 Å². The molecule has 0 aliphatic carbocycles. The lowest BCUT2D eigenvalue weighted by atomic mass is 10.2. The van der Waals surface area contributed by atoms with Crippen LogP contribution < -0.4 is 4.72 Å². The van der Waals surface area contributed by atoms with Gasteiger partial charge < -0.3 is 4.42 Å². The molecule has 1 saturated heterocycles. The first-order chi connectivity index (χ1) is 12.0. The molecule has 0 saturated carbocycles. The summed E-state index contributed by atoms with van der Waals surface area (Å²) in [5.41, 5.74) is 1.24. The molecule has 2 heterocycles. The maximum absolute atomic E-state index is 12.2. The average molecular weight is 363 g/mol. The number of oxazole rings is 1. The Morgan fingerprint density at radius 2 is 1.88 bits per heavy atom. The number of aromatic nitrogens is 1.